The normalized spacial score (nSPS) is 10.1. The number of amides is 1. The van der Waals surface area contributed by atoms with Crippen LogP contribution in [-0.2, 0) is 6.54 Å². The highest BCUT2D eigenvalue weighted by Crippen LogP contribution is 2.01. The summed E-state index contributed by atoms with van der Waals surface area (Å²) in [4.78, 5) is 15.9. The van der Waals surface area contributed by atoms with E-state index in [1.807, 2.05) is 25.1 Å². The van der Waals surface area contributed by atoms with Crippen LogP contribution in [0.15, 0.2) is 41.2 Å². The number of nitrogens with zero attached hydrogens (tertiary/aromatic N) is 1. The van der Waals surface area contributed by atoms with Gasteiger partial charge >= 0.3 is 0 Å². The van der Waals surface area contributed by atoms with Gasteiger partial charge in [0.1, 0.15) is 6.26 Å². The van der Waals surface area contributed by atoms with E-state index in [4.69, 9.17) is 4.42 Å². The monoisotopic (exact) mass is 216 g/mol. The third kappa shape index (κ3) is 2.48. The minimum Gasteiger partial charge on any atom is -0.472 e. The van der Waals surface area contributed by atoms with Gasteiger partial charge < -0.3 is 9.73 Å². The van der Waals surface area contributed by atoms with E-state index >= 15 is 0 Å². The van der Waals surface area contributed by atoms with Crippen molar-refractivity contribution >= 4 is 5.91 Å². The number of hydrogen-bond donors (Lipinski definition) is 1. The van der Waals surface area contributed by atoms with E-state index in [-0.39, 0.29) is 5.91 Å². The van der Waals surface area contributed by atoms with Crippen LogP contribution in [-0.4, -0.2) is 10.9 Å². The first-order valence-corrected chi connectivity index (χ1v) is 4.98. The summed E-state index contributed by atoms with van der Waals surface area (Å²) < 4.78 is 4.83. The summed E-state index contributed by atoms with van der Waals surface area (Å²) in [5.41, 5.74) is 2.31. The van der Waals surface area contributed by atoms with Crippen LogP contribution in [0.4, 0.5) is 0 Å². The van der Waals surface area contributed by atoms with Crippen molar-refractivity contribution in [3.8, 4) is 0 Å². The maximum Gasteiger partial charge on any atom is 0.254 e. The topological polar surface area (TPSA) is 55.1 Å². The number of carbonyl (C=O) groups excluding carboxylic acids is 1. The molecule has 2 rings (SSSR count). The second-order valence-corrected chi connectivity index (χ2v) is 3.47. The van der Waals surface area contributed by atoms with Crippen molar-refractivity contribution in [3.05, 3.63) is 53.7 Å². The fourth-order valence-corrected chi connectivity index (χ4v) is 1.36. The number of aryl methyl sites for hydroxylation is 1. The lowest BCUT2D eigenvalue weighted by atomic mass is 10.3. The van der Waals surface area contributed by atoms with E-state index in [0.717, 1.165) is 11.4 Å². The predicted octanol–water partition coefficient (Wildman–Crippen LogP) is 1.91. The van der Waals surface area contributed by atoms with Gasteiger partial charge in [-0.05, 0) is 25.1 Å². The molecule has 2 heterocycles. The lowest BCUT2D eigenvalue weighted by Crippen LogP contribution is -2.22. The van der Waals surface area contributed by atoms with Crippen LogP contribution in [0.1, 0.15) is 21.7 Å². The first-order valence-electron chi connectivity index (χ1n) is 4.98. The van der Waals surface area contributed by atoms with E-state index in [2.05, 4.69) is 10.3 Å². The number of nitrogens with one attached hydrogen (secondary N) is 1. The van der Waals surface area contributed by atoms with Crippen LogP contribution in [0.2, 0.25) is 0 Å². The predicted molar refractivity (Wildman–Crippen MR) is 58.9 cm³/mol. The van der Waals surface area contributed by atoms with Crippen molar-refractivity contribution in [3.63, 3.8) is 0 Å². The standard InChI is InChI=1S/C12H12N2O2/c1-9-3-2-4-11(14-9)7-13-12(15)10-5-6-16-8-10/h2-6,8H,7H2,1H3,(H,13,15). The zero-order chi connectivity index (χ0) is 11.4. The first kappa shape index (κ1) is 10.4. The Balaban J connectivity index is 1.95. The molecule has 0 spiro atoms. The summed E-state index contributed by atoms with van der Waals surface area (Å²) in [6.07, 6.45) is 2.89. The third-order valence-corrected chi connectivity index (χ3v) is 2.16. The van der Waals surface area contributed by atoms with E-state index in [9.17, 15) is 4.79 Å². The summed E-state index contributed by atoms with van der Waals surface area (Å²) in [6.45, 7) is 2.34. The van der Waals surface area contributed by atoms with Crippen LogP contribution in [0.25, 0.3) is 0 Å². The molecule has 4 nitrogen and oxygen atoms in total. The van der Waals surface area contributed by atoms with Gasteiger partial charge in [-0.25, -0.2) is 0 Å². The van der Waals surface area contributed by atoms with Gasteiger partial charge in [-0.3, -0.25) is 9.78 Å². The van der Waals surface area contributed by atoms with Gasteiger partial charge in [0.15, 0.2) is 0 Å². The molecular weight excluding hydrogens is 204 g/mol. The van der Waals surface area contributed by atoms with Crippen LogP contribution in [0.5, 0.6) is 0 Å². The molecule has 0 saturated heterocycles. The van der Waals surface area contributed by atoms with Crippen molar-refractivity contribution in [2.24, 2.45) is 0 Å². The Labute approximate surface area is 93.3 Å². The number of aromatic nitrogens is 1. The van der Waals surface area contributed by atoms with Gasteiger partial charge in [-0.15, -0.1) is 0 Å². The van der Waals surface area contributed by atoms with E-state index in [0.29, 0.717) is 12.1 Å². The number of furan rings is 1. The number of hydrogen-bond acceptors (Lipinski definition) is 3. The molecule has 1 amide bonds. The van der Waals surface area contributed by atoms with E-state index in [1.54, 1.807) is 6.07 Å². The Kier molecular flexibility index (Phi) is 3.00. The molecule has 0 atom stereocenters. The molecule has 82 valence electrons. The molecular formula is C12H12N2O2. The molecule has 16 heavy (non-hydrogen) atoms. The van der Waals surface area contributed by atoms with Gasteiger partial charge in [-0.2, -0.15) is 0 Å². The molecule has 4 heteroatoms. The highest BCUT2D eigenvalue weighted by Gasteiger charge is 2.06. The molecule has 0 unspecified atom stereocenters. The van der Waals surface area contributed by atoms with E-state index < -0.39 is 0 Å². The highest BCUT2D eigenvalue weighted by atomic mass is 16.3. The smallest absolute Gasteiger partial charge is 0.254 e. The summed E-state index contributed by atoms with van der Waals surface area (Å²) >= 11 is 0. The highest BCUT2D eigenvalue weighted by molar-refractivity contribution is 5.93. The third-order valence-electron chi connectivity index (χ3n) is 2.16. The molecule has 0 aliphatic rings. The second kappa shape index (κ2) is 4.61. The minimum atomic E-state index is -0.156. The van der Waals surface area contributed by atoms with Gasteiger partial charge in [0, 0.05) is 5.69 Å². The first-order chi connectivity index (χ1) is 7.75. The van der Waals surface area contributed by atoms with E-state index in [1.165, 1.54) is 12.5 Å². The largest absolute Gasteiger partial charge is 0.472 e. The van der Waals surface area contributed by atoms with Crippen LogP contribution < -0.4 is 5.32 Å². The van der Waals surface area contributed by atoms with Crippen LogP contribution in [0.3, 0.4) is 0 Å². The Hall–Kier alpha value is -2.10. The van der Waals surface area contributed by atoms with Crippen molar-refractivity contribution < 1.29 is 9.21 Å². The van der Waals surface area contributed by atoms with Crippen molar-refractivity contribution in [2.75, 3.05) is 0 Å². The zero-order valence-electron chi connectivity index (χ0n) is 8.93. The average molecular weight is 216 g/mol. The molecule has 0 aliphatic heterocycles. The quantitative estimate of drug-likeness (QED) is 0.852. The van der Waals surface area contributed by atoms with Crippen molar-refractivity contribution in [2.45, 2.75) is 13.5 Å². The second-order valence-electron chi connectivity index (χ2n) is 3.47. The molecule has 0 fully saturated rings. The van der Waals surface area contributed by atoms with Gasteiger partial charge in [0.05, 0.1) is 24.1 Å². The molecule has 2 aromatic rings. The van der Waals surface area contributed by atoms with Crippen molar-refractivity contribution in [1.82, 2.24) is 10.3 Å². The summed E-state index contributed by atoms with van der Waals surface area (Å²) in [6, 6.07) is 7.34. The summed E-state index contributed by atoms with van der Waals surface area (Å²) in [5.74, 6) is -0.156. The number of carbonyl (C=O) groups is 1. The Morgan fingerprint density at radius 1 is 1.44 bits per heavy atom. The molecule has 0 bridgehead atoms. The maximum absolute atomic E-state index is 11.6. The average Bonchev–Trinajstić information content (AvgIpc) is 2.79. The Bertz CT molecular complexity index is 478. The minimum absolute atomic E-state index is 0.156. The summed E-state index contributed by atoms with van der Waals surface area (Å²) in [7, 11) is 0. The molecule has 0 aromatic carbocycles. The van der Waals surface area contributed by atoms with Gasteiger partial charge in [0.25, 0.3) is 5.91 Å². The fraction of sp³-hybridized carbons (Fsp3) is 0.167. The van der Waals surface area contributed by atoms with Gasteiger partial charge in [0.2, 0.25) is 0 Å². The molecule has 0 aliphatic carbocycles. The molecule has 2 aromatic heterocycles. The lowest BCUT2D eigenvalue weighted by Gasteiger charge is -2.03. The maximum atomic E-state index is 11.6. The van der Waals surface area contributed by atoms with Crippen LogP contribution >= 0.6 is 0 Å². The Morgan fingerprint density at radius 3 is 3.00 bits per heavy atom. The van der Waals surface area contributed by atoms with Crippen LogP contribution in [0, 0.1) is 6.92 Å². The zero-order valence-corrected chi connectivity index (χ0v) is 8.93. The van der Waals surface area contributed by atoms with Crippen molar-refractivity contribution in [1.29, 1.82) is 0 Å². The SMILES string of the molecule is Cc1cccc(CNC(=O)c2ccoc2)n1. The lowest BCUT2D eigenvalue weighted by molar-refractivity contribution is 0.0950. The molecule has 1 N–H and O–H groups in total. The molecule has 0 saturated carbocycles. The Morgan fingerprint density at radius 2 is 2.31 bits per heavy atom. The number of pyridine rings is 1. The number of rotatable bonds is 3. The van der Waals surface area contributed by atoms with Gasteiger partial charge in [-0.1, -0.05) is 6.07 Å². The molecule has 0 radical (unpaired) electrons. The summed E-state index contributed by atoms with van der Waals surface area (Å²) in [5, 5.41) is 2.77. The fourth-order valence-electron chi connectivity index (χ4n) is 1.36.